The Morgan fingerprint density at radius 1 is 0.829 bits per heavy atom. The van der Waals surface area contributed by atoms with Gasteiger partial charge in [-0.3, -0.25) is 14.8 Å². The van der Waals surface area contributed by atoms with Crippen molar-refractivity contribution in [3.05, 3.63) is 83.9 Å². The number of hydrogen-bond acceptors (Lipinski definition) is 5. The third-order valence-corrected chi connectivity index (χ3v) is 6.83. The van der Waals surface area contributed by atoms with E-state index in [1.54, 1.807) is 47.6 Å². The van der Waals surface area contributed by atoms with Gasteiger partial charge in [0.15, 0.2) is 11.6 Å². The van der Waals surface area contributed by atoms with E-state index in [9.17, 15) is 18.0 Å². The number of amides is 1. The summed E-state index contributed by atoms with van der Waals surface area (Å²) in [5.41, 5.74) is 1.53. The summed E-state index contributed by atoms with van der Waals surface area (Å²) in [5.74, 6) is -1.58. The van der Waals surface area contributed by atoms with Crippen molar-refractivity contribution in [2.75, 3.05) is 31.1 Å². The van der Waals surface area contributed by atoms with Gasteiger partial charge in [-0.1, -0.05) is 12.1 Å². The summed E-state index contributed by atoms with van der Waals surface area (Å²) < 4.78 is 41.8. The first-order valence-corrected chi connectivity index (χ1v) is 11.3. The third kappa shape index (κ3) is 3.77. The Morgan fingerprint density at radius 2 is 1.57 bits per heavy atom. The molecule has 0 radical (unpaired) electrons. The van der Waals surface area contributed by atoms with Gasteiger partial charge in [-0.05, 0) is 24.3 Å². The molecule has 2 aliphatic heterocycles. The molecule has 2 unspecified atom stereocenters. The zero-order chi connectivity index (χ0) is 24.1. The van der Waals surface area contributed by atoms with Crippen LogP contribution in [0.3, 0.4) is 0 Å². The van der Waals surface area contributed by atoms with Crippen LogP contribution < -0.4 is 4.90 Å². The van der Waals surface area contributed by atoms with E-state index >= 15 is 0 Å². The Labute approximate surface area is 199 Å². The second-order valence-electron chi connectivity index (χ2n) is 9.00. The van der Waals surface area contributed by atoms with Gasteiger partial charge in [-0.15, -0.1) is 0 Å². The van der Waals surface area contributed by atoms with Gasteiger partial charge in [0.05, 0.1) is 28.5 Å². The van der Waals surface area contributed by atoms with Crippen LogP contribution >= 0.6 is 0 Å². The average Bonchev–Trinajstić information content (AvgIpc) is 3.44. The van der Waals surface area contributed by atoms with Crippen LogP contribution in [0.2, 0.25) is 0 Å². The molecule has 1 amide bonds. The fraction of sp³-hybridized carbons (Fsp3) is 0.231. The molecule has 2 fully saturated rings. The minimum atomic E-state index is -0.959. The number of fused-ring (bicyclic) bond motifs is 2. The molecular weight excluding hydrogens is 455 g/mol. The number of hydrogen-bond donors (Lipinski definition) is 0. The summed E-state index contributed by atoms with van der Waals surface area (Å²) in [6.45, 7) is 2.40. The Balaban J connectivity index is 1.20. The molecule has 176 valence electrons. The van der Waals surface area contributed by atoms with Crippen molar-refractivity contribution in [1.29, 1.82) is 0 Å². The predicted octanol–water partition coefficient (Wildman–Crippen LogP) is 4.32. The Kier molecular flexibility index (Phi) is 5.12. The number of rotatable bonds is 3. The molecule has 9 heteroatoms. The van der Waals surface area contributed by atoms with Crippen LogP contribution in [0.4, 0.5) is 19.0 Å². The molecule has 2 aromatic heterocycles. The monoisotopic (exact) mass is 475 g/mol. The van der Waals surface area contributed by atoms with E-state index in [0.717, 1.165) is 12.1 Å². The van der Waals surface area contributed by atoms with Gasteiger partial charge in [0, 0.05) is 61.9 Å². The Hall–Kier alpha value is -4.01. The fourth-order valence-electron chi connectivity index (χ4n) is 5.14. The molecule has 6 nitrogen and oxygen atoms in total. The molecule has 0 spiro atoms. The number of pyridine rings is 1. The van der Waals surface area contributed by atoms with Crippen molar-refractivity contribution in [3.63, 3.8) is 0 Å². The molecule has 0 bridgehead atoms. The molecular formula is C26H20F3N5O. The first-order valence-electron chi connectivity index (χ1n) is 11.3. The van der Waals surface area contributed by atoms with Crippen molar-refractivity contribution in [1.82, 2.24) is 19.9 Å². The molecule has 2 saturated heterocycles. The van der Waals surface area contributed by atoms with Crippen molar-refractivity contribution in [2.24, 2.45) is 11.8 Å². The minimum absolute atomic E-state index is 0.214. The second kappa shape index (κ2) is 8.33. The fourth-order valence-corrected chi connectivity index (χ4v) is 5.14. The standard InChI is InChI=1S/C26H20F3N5O/c27-18-5-3-4-17(25(18)21-6-1-2-7-30-21)26(35)34-13-15-11-33(12-16(15)14-34)24-10-31-22-8-19(28)20(29)9-23(22)32-24/h1-10,15-16H,11-14H2. The number of aromatic nitrogens is 3. The maximum atomic E-state index is 14.7. The van der Waals surface area contributed by atoms with Gasteiger partial charge < -0.3 is 9.80 Å². The summed E-state index contributed by atoms with van der Waals surface area (Å²) in [5, 5.41) is 0. The molecule has 2 atom stereocenters. The van der Waals surface area contributed by atoms with Crippen LogP contribution in [-0.2, 0) is 0 Å². The van der Waals surface area contributed by atoms with Crippen LogP contribution in [0.25, 0.3) is 22.3 Å². The smallest absolute Gasteiger partial charge is 0.254 e. The highest BCUT2D eigenvalue weighted by Crippen LogP contribution is 2.35. The highest BCUT2D eigenvalue weighted by Gasteiger charge is 2.42. The minimum Gasteiger partial charge on any atom is -0.355 e. The van der Waals surface area contributed by atoms with Gasteiger partial charge in [-0.25, -0.2) is 18.2 Å². The highest BCUT2D eigenvalue weighted by molar-refractivity contribution is 6.00. The first kappa shape index (κ1) is 21.5. The summed E-state index contributed by atoms with van der Waals surface area (Å²) in [4.78, 5) is 30.2. The molecule has 4 heterocycles. The molecule has 0 N–H and O–H groups in total. The number of nitrogens with zero attached hydrogens (tertiary/aromatic N) is 5. The summed E-state index contributed by atoms with van der Waals surface area (Å²) in [6, 6.07) is 11.8. The number of carbonyl (C=O) groups excluding carboxylic acids is 1. The lowest BCUT2D eigenvalue weighted by Crippen LogP contribution is -2.34. The van der Waals surface area contributed by atoms with Gasteiger partial charge in [0.2, 0.25) is 0 Å². The van der Waals surface area contributed by atoms with Crippen molar-refractivity contribution in [2.45, 2.75) is 0 Å². The van der Waals surface area contributed by atoms with Crippen LogP contribution in [-0.4, -0.2) is 51.9 Å². The van der Waals surface area contributed by atoms with E-state index in [4.69, 9.17) is 0 Å². The molecule has 35 heavy (non-hydrogen) atoms. The summed E-state index contributed by atoms with van der Waals surface area (Å²) in [6.07, 6.45) is 3.14. The SMILES string of the molecule is O=C(c1cccc(F)c1-c1ccccn1)N1CC2CN(c3cnc4cc(F)c(F)cc4n3)CC2C1. The zero-order valence-corrected chi connectivity index (χ0v) is 18.5. The average molecular weight is 475 g/mol. The molecule has 4 aromatic rings. The molecule has 0 saturated carbocycles. The van der Waals surface area contributed by atoms with E-state index in [0.29, 0.717) is 54.3 Å². The van der Waals surface area contributed by atoms with E-state index in [1.807, 2.05) is 0 Å². The number of carbonyl (C=O) groups is 1. The normalized spacial score (nSPS) is 19.4. The first-order chi connectivity index (χ1) is 17.0. The lowest BCUT2D eigenvalue weighted by atomic mass is 10.0. The third-order valence-electron chi connectivity index (χ3n) is 6.83. The van der Waals surface area contributed by atoms with Gasteiger partial charge in [0.1, 0.15) is 11.6 Å². The topological polar surface area (TPSA) is 62.2 Å². The van der Waals surface area contributed by atoms with E-state index in [-0.39, 0.29) is 23.3 Å². The zero-order valence-electron chi connectivity index (χ0n) is 18.5. The summed E-state index contributed by atoms with van der Waals surface area (Å²) >= 11 is 0. The lowest BCUT2D eigenvalue weighted by Gasteiger charge is -2.23. The molecule has 0 aliphatic carbocycles. The van der Waals surface area contributed by atoms with Crippen LogP contribution in [0.1, 0.15) is 10.4 Å². The largest absolute Gasteiger partial charge is 0.355 e. The molecule has 2 aliphatic rings. The summed E-state index contributed by atoms with van der Waals surface area (Å²) in [7, 11) is 0. The van der Waals surface area contributed by atoms with E-state index < -0.39 is 17.5 Å². The quantitative estimate of drug-likeness (QED) is 0.442. The van der Waals surface area contributed by atoms with Crippen molar-refractivity contribution < 1.29 is 18.0 Å². The predicted molar refractivity (Wildman–Crippen MR) is 124 cm³/mol. The van der Waals surface area contributed by atoms with E-state index in [1.165, 1.54) is 6.07 Å². The van der Waals surface area contributed by atoms with Gasteiger partial charge in [-0.2, -0.15) is 0 Å². The van der Waals surface area contributed by atoms with Gasteiger partial charge >= 0.3 is 0 Å². The van der Waals surface area contributed by atoms with Crippen molar-refractivity contribution >= 4 is 22.8 Å². The second-order valence-corrected chi connectivity index (χ2v) is 9.00. The number of benzene rings is 2. The lowest BCUT2D eigenvalue weighted by molar-refractivity contribution is 0.0783. The van der Waals surface area contributed by atoms with Gasteiger partial charge in [0.25, 0.3) is 5.91 Å². The maximum absolute atomic E-state index is 14.7. The number of anilines is 1. The van der Waals surface area contributed by atoms with Crippen LogP contribution in [0.15, 0.2) is 60.9 Å². The maximum Gasteiger partial charge on any atom is 0.254 e. The Bertz CT molecular complexity index is 1430. The molecule has 6 rings (SSSR count). The van der Waals surface area contributed by atoms with Crippen molar-refractivity contribution in [3.8, 4) is 11.3 Å². The molecule has 2 aromatic carbocycles. The van der Waals surface area contributed by atoms with E-state index in [2.05, 4.69) is 19.9 Å². The number of halogens is 3. The van der Waals surface area contributed by atoms with Crippen LogP contribution in [0.5, 0.6) is 0 Å². The van der Waals surface area contributed by atoms with Crippen LogP contribution in [0, 0.1) is 29.3 Å². The number of likely N-dealkylation sites (tertiary alicyclic amines) is 1. The Morgan fingerprint density at radius 3 is 2.29 bits per heavy atom. The highest BCUT2D eigenvalue weighted by atomic mass is 19.2.